The van der Waals surface area contributed by atoms with Gasteiger partial charge in [0.25, 0.3) is 0 Å². The zero-order valence-electron chi connectivity index (χ0n) is 25.3. The van der Waals surface area contributed by atoms with Crippen LogP contribution in [0.25, 0.3) is 0 Å². The molecule has 0 radical (unpaired) electrons. The van der Waals surface area contributed by atoms with Gasteiger partial charge in [-0.2, -0.15) is 0 Å². The molecule has 3 unspecified atom stereocenters. The maximum atomic E-state index is 12.9. The smallest absolute Gasteiger partial charge is 0.0725 e. The molecule has 0 bridgehead atoms. The number of carboxylic acid groups (broad SMARTS) is 3. The van der Waals surface area contributed by atoms with Crippen molar-refractivity contribution >= 4 is 17.9 Å². The summed E-state index contributed by atoms with van der Waals surface area (Å²) in [6.45, 7) is 12.3. The maximum absolute atomic E-state index is 12.9. The summed E-state index contributed by atoms with van der Waals surface area (Å²) in [5.74, 6) is -4.42. The standard InChI is InChI=1S/C33H54O6/c1-7-13-16-22(10-4)19-25-26(20-23(11-5)17-14-8-2)29(32(36)37)30(33(38)39)27(28(25)31(34)35)21-24(12-6)18-15-9-3/h22-24H,7-21H2,1-6H3,(H,34,35)(H,36,37)(H,38,39)/p-3. The monoisotopic (exact) mass is 543 g/mol. The highest BCUT2D eigenvalue weighted by Crippen LogP contribution is 2.36. The molecule has 0 saturated heterocycles. The third-order valence-corrected chi connectivity index (χ3v) is 8.54. The number of aromatic carboxylic acids is 3. The Morgan fingerprint density at radius 3 is 1.05 bits per heavy atom. The van der Waals surface area contributed by atoms with Gasteiger partial charge in [-0.05, 0) is 53.7 Å². The summed E-state index contributed by atoms with van der Waals surface area (Å²) < 4.78 is 0. The molecule has 1 aromatic rings. The van der Waals surface area contributed by atoms with E-state index in [-0.39, 0.29) is 40.9 Å². The molecule has 0 fully saturated rings. The normalized spacial score (nSPS) is 13.7. The Morgan fingerprint density at radius 2 is 0.769 bits per heavy atom. The molecule has 0 aliphatic heterocycles. The van der Waals surface area contributed by atoms with E-state index in [1.54, 1.807) is 0 Å². The number of unbranched alkanes of at least 4 members (excludes halogenated alkanes) is 3. The van der Waals surface area contributed by atoms with Gasteiger partial charge in [-0.15, -0.1) is 0 Å². The van der Waals surface area contributed by atoms with E-state index in [1.165, 1.54) is 0 Å². The van der Waals surface area contributed by atoms with E-state index in [0.29, 0.717) is 24.0 Å². The van der Waals surface area contributed by atoms with Crippen molar-refractivity contribution in [1.29, 1.82) is 0 Å². The highest BCUT2D eigenvalue weighted by molar-refractivity contribution is 6.06. The van der Waals surface area contributed by atoms with Gasteiger partial charge in [0.15, 0.2) is 0 Å². The maximum Gasteiger partial charge on any atom is 0.0725 e. The Kier molecular flexibility index (Phi) is 16.1. The molecule has 1 rings (SSSR count). The van der Waals surface area contributed by atoms with Crippen LogP contribution in [0.5, 0.6) is 0 Å². The summed E-state index contributed by atoms with van der Waals surface area (Å²) >= 11 is 0. The number of hydrogen-bond acceptors (Lipinski definition) is 6. The van der Waals surface area contributed by atoms with Crippen molar-refractivity contribution in [2.45, 2.75) is 138 Å². The second-order valence-electron chi connectivity index (χ2n) is 11.3. The van der Waals surface area contributed by atoms with E-state index in [1.807, 2.05) is 13.8 Å². The third-order valence-electron chi connectivity index (χ3n) is 8.54. The molecule has 0 aromatic heterocycles. The molecule has 0 N–H and O–H groups in total. The van der Waals surface area contributed by atoms with Gasteiger partial charge in [-0.25, -0.2) is 0 Å². The Labute approximate surface area is 236 Å². The van der Waals surface area contributed by atoms with Crippen LogP contribution in [-0.4, -0.2) is 17.9 Å². The second-order valence-corrected chi connectivity index (χ2v) is 11.3. The topological polar surface area (TPSA) is 120 Å². The summed E-state index contributed by atoms with van der Waals surface area (Å²) in [6, 6.07) is 0. The van der Waals surface area contributed by atoms with Gasteiger partial charge in [0.05, 0.1) is 17.9 Å². The minimum atomic E-state index is -1.66. The van der Waals surface area contributed by atoms with Crippen LogP contribution in [0.15, 0.2) is 0 Å². The molecule has 0 aliphatic carbocycles. The van der Waals surface area contributed by atoms with Crippen molar-refractivity contribution in [2.75, 3.05) is 0 Å². The first-order valence-corrected chi connectivity index (χ1v) is 15.5. The summed E-state index contributed by atoms with van der Waals surface area (Å²) in [7, 11) is 0. The molecule has 0 spiro atoms. The molecular formula is C33H51O6-3. The van der Waals surface area contributed by atoms with E-state index in [2.05, 4.69) is 27.7 Å². The Hall–Kier alpha value is -2.37. The zero-order chi connectivity index (χ0) is 29.5. The van der Waals surface area contributed by atoms with Crippen LogP contribution in [0.3, 0.4) is 0 Å². The first kappa shape index (κ1) is 34.7. The fraction of sp³-hybridized carbons (Fsp3) is 0.727. The zero-order valence-corrected chi connectivity index (χ0v) is 25.3. The third kappa shape index (κ3) is 9.95. The van der Waals surface area contributed by atoms with Crippen molar-refractivity contribution < 1.29 is 29.7 Å². The van der Waals surface area contributed by atoms with Crippen LogP contribution in [0, 0.1) is 17.8 Å². The minimum Gasteiger partial charge on any atom is -0.545 e. The molecule has 39 heavy (non-hydrogen) atoms. The molecule has 6 nitrogen and oxygen atoms in total. The first-order valence-electron chi connectivity index (χ1n) is 15.5. The molecule has 6 heteroatoms. The van der Waals surface area contributed by atoms with E-state index in [4.69, 9.17) is 0 Å². The van der Waals surface area contributed by atoms with Gasteiger partial charge in [0.1, 0.15) is 0 Å². The van der Waals surface area contributed by atoms with Gasteiger partial charge >= 0.3 is 0 Å². The predicted octanol–water partition coefficient (Wildman–Crippen LogP) is 5.05. The molecule has 0 aliphatic rings. The van der Waals surface area contributed by atoms with Gasteiger partial charge in [-0.3, -0.25) is 0 Å². The lowest BCUT2D eigenvalue weighted by Crippen LogP contribution is -2.37. The number of hydrogen-bond donors (Lipinski definition) is 0. The summed E-state index contributed by atoms with van der Waals surface area (Å²) in [6.07, 6.45) is 11.5. The van der Waals surface area contributed by atoms with Crippen LogP contribution in [-0.2, 0) is 19.3 Å². The van der Waals surface area contributed by atoms with Crippen molar-refractivity contribution in [3.63, 3.8) is 0 Å². The average molecular weight is 544 g/mol. The number of carboxylic acids is 3. The molecule has 0 heterocycles. The largest absolute Gasteiger partial charge is 0.545 e. The minimum absolute atomic E-state index is 0.0180. The highest BCUT2D eigenvalue weighted by atomic mass is 16.4. The van der Waals surface area contributed by atoms with Gasteiger partial charge in [-0.1, -0.05) is 119 Å². The summed E-state index contributed by atoms with van der Waals surface area (Å²) in [5.41, 5.74) is -0.230. The van der Waals surface area contributed by atoms with Gasteiger partial charge in [0, 0.05) is 16.7 Å². The number of benzene rings is 1. The van der Waals surface area contributed by atoms with Crippen molar-refractivity contribution in [2.24, 2.45) is 17.8 Å². The van der Waals surface area contributed by atoms with Crippen LogP contribution < -0.4 is 15.3 Å². The molecular weight excluding hydrogens is 492 g/mol. The average Bonchev–Trinajstić information content (AvgIpc) is 2.90. The van der Waals surface area contributed by atoms with Crippen molar-refractivity contribution in [3.8, 4) is 0 Å². The van der Waals surface area contributed by atoms with Gasteiger partial charge < -0.3 is 29.7 Å². The number of carbonyl (C=O) groups excluding carboxylic acids is 3. The van der Waals surface area contributed by atoms with Gasteiger partial charge in [0.2, 0.25) is 0 Å². The molecule has 222 valence electrons. The second kappa shape index (κ2) is 18.1. The lowest BCUT2D eigenvalue weighted by molar-refractivity contribution is -0.260. The van der Waals surface area contributed by atoms with Crippen LogP contribution in [0.4, 0.5) is 0 Å². The first-order chi connectivity index (χ1) is 18.6. The SMILES string of the molecule is CCCCC(CC)Cc1c(CC(CC)CCCC)c(C(=O)[O-])c(C(=O)[O-])c(CC(CC)CCCC)c1C(=O)[O-]. The number of carbonyl (C=O) groups is 3. The fourth-order valence-corrected chi connectivity index (χ4v) is 5.96. The van der Waals surface area contributed by atoms with Crippen LogP contribution >= 0.6 is 0 Å². The molecule has 0 amide bonds. The molecule has 0 saturated carbocycles. The van der Waals surface area contributed by atoms with E-state index in [0.717, 1.165) is 77.0 Å². The lowest BCUT2D eigenvalue weighted by atomic mass is 9.75. The van der Waals surface area contributed by atoms with Crippen LogP contribution in [0.2, 0.25) is 0 Å². The van der Waals surface area contributed by atoms with E-state index in [9.17, 15) is 29.7 Å². The lowest BCUT2D eigenvalue weighted by Gasteiger charge is -2.32. The Balaban J connectivity index is 4.13. The van der Waals surface area contributed by atoms with Crippen molar-refractivity contribution in [1.82, 2.24) is 0 Å². The Bertz CT molecular complexity index is 935. The fourth-order valence-electron chi connectivity index (χ4n) is 5.96. The van der Waals surface area contributed by atoms with Crippen LogP contribution in [0.1, 0.15) is 166 Å². The Morgan fingerprint density at radius 1 is 0.487 bits per heavy atom. The summed E-state index contributed by atoms with van der Waals surface area (Å²) in [5, 5.41) is 38.2. The quantitative estimate of drug-likeness (QED) is 0.214. The summed E-state index contributed by atoms with van der Waals surface area (Å²) in [4.78, 5) is 38.2. The predicted molar refractivity (Wildman–Crippen MR) is 150 cm³/mol. The van der Waals surface area contributed by atoms with E-state index < -0.39 is 23.5 Å². The highest BCUT2D eigenvalue weighted by Gasteiger charge is 2.29. The molecule has 3 atom stereocenters. The van der Waals surface area contributed by atoms with Crippen molar-refractivity contribution in [3.05, 3.63) is 33.4 Å². The number of rotatable bonds is 21. The molecule has 1 aromatic carbocycles. The van der Waals surface area contributed by atoms with E-state index >= 15 is 0 Å².